The Labute approximate surface area is 176 Å². The van der Waals surface area contributed by atoms with Gasteiger partial charge in [-0.05, 0) is 54.5 Å². The Kier molecular flexibility index (Phi) is 5.58. The maximum Gasteiger partial charge on any atom is 0.308 e. The van der Waals surface area contributed by atoms with Crippen LogP contribution in [0.5, 0.6) is 11.5 Å². The lowest BCUT2D eigenvalue weighted by molar-refractivity contribution is -0.131. The molecule has 0 unspecified atom stereocenters. The van der Waals surface area contributed by atoms with Crippen LogP contribution in [0.3, 0.4) is 0 Å². The number of aromatic nitrogens is 3. The van der Waals surface area contributed by atoms with Gasteiger partial charge in [-0.15, -0.1) is 5.10 Å². The molecule has 2 heterocycles. The second kappa shape index (κ2) is 8.46. The molecule has 0 spiro atoms. The number of rotatable bonds is 6. The molecule has 0 N–H and O–H groups in total. The standard InChI is InChI=1S/C22H19N3O4S/c1-3-12-28-17-10-6-16(7-11-17)20-23-22-25(24-20)21(27)19(30-22)13-15-4-8-18(9-5-15)29-14(2)26/h4-11,13H,3,12H2,1-2H3/b19-13+. The first-order valence-corrected chi connectivity index (χ1v) is 10.3. The minimum Gasteiger partial charge on any atom is -0.494 e. The van der Waals surface area contributed by atoms with Crippen molar-refractivity contribution in [2.75, 3.05) is 6.61 Å². The monoisotopic (exact) mass is 421 g/mol. The third kappa shape index (κ3) is 4.23. The normalized spacial score (nSPS) is 11.7. The lowest BCUT2D eigenvalue weighted by Crippen LogP contribution is -2.23. The van der Waals surface area contributed by atoms with E-state index in [0.717, 1.165) is 23.3 Å². The van der Waals surface area contributed by atoms with Gasteiger partial charge in [0.2, 0.25) is 4.96 Å². The summed E-state index contributed by atoms with van der Waals surface area (Å²) in [6.45, 7) is 4.07. The molecule has 2 aromatic carbocycles. The highest BCUT2D eigenvalue weighted by Crippen LogP contribution is 2.20. The second-order valence-electron chi connectivity index (χ2n) is 6.58. The van der Waals surface area contributed by atoms with Gasteiger partial charge in [0.1, 0.15) is 11.5 Å². The van der Waals surface area contributed by atoms with Gasteiger partial charge in [0, 0.05) is 12.5 Å². The third-order valence-electron chi connectivity index (χ3n) is 4.21. The molecule has 0 aliphatic carbocycles. The van der Waals surface area contributed by atoms with Gasteiger partial charge < -0.3 is 9.47 Å². The first kappa shape index (κ1) is 19.8. The van der Waals surface area contributed by atoms with Gasteiger partial charge in [0.25, 0.3) is 5.56 Å². The van der Waals surface area contributed by atoms with Crippen LogP contribution in [0.1, 0.15) is 25.8 Å². The van der Waals surface area contributed by atoms with Crippen LogP contribution in [0.2, 0.25) is 0 Å². The fraction of sp³-hybridized carbons (Fsp3) is 0.182. The predicted molar refractivity (Wildman–Crippen MR) is 115 cm³/mol. The Bertz CT molecular complexity index is 1290. The van der Waals surface area contributed by atoms with Crippen molar-refractivity contribution in [2.24, 2.45) is 0 Å². The van der Waals surface area contributed by atoms with Gasteiger partial charge in [0.05, 0.1) is 11.1 Å². The maximum absolute atomic E-state index is 12.7. The van der Waals surface area contributed by atoms with E-state index in [9.17, 15) is 9.59 Å². The van der Waals surface area contributed by atoms with Crippen molar-refractivity contribution in [3.05, 3.63) is 69.0 Å². The molecule has 4 rings (SSSR count). The summed E-state index contributed by atoms with van der Waals surface area (Å²) in [6, 6.07) is 14.4. The van der Waals surface area contributed by atoms with Gasteiger partial charge in [-0.25, -0.2) is 0 Å². The number of thiazole rings is 1. The number of benzene rings is 2. The lowest BCUT2D eigenvalue weighted by Gasteiger charge is -2.04. The highest BCUT2D eigenvalue weighted by molar-refractivity contribution is 7.15. The number of carbonyl (C=O) groups is 1. The van der Waals surface area contributed by atoms with Crippen molar-refractivity contribution in [1.82, 2.24) is 14.6 Å². The highest BCUT2D eigenvalue weighted by atomic mass is 32.1. The topological polar surface area (TPSA) is 82.8 Å². The average Bonchev–Trinajstić information content (AvgIpc) is 3.27. The van der Waals surface area contributed by atoms with Crippen LogP contribution in [-0.2, 0) is 4.79 Å². The molecule has 0 bridgehead atoms. The summed E-state index contributed by atoms with van der Waals surface area (Å²) < 4.78 is 12.4. The van der Waals surface area contributed by atoms with E-state index in [1.54, 1.807) is 30.3 Å². The summed E-state index contributed by atoms with van der Waals surface area (Å²) >= 11 is 1.27. The van der Waals surface area contributed by atoms with Crippen LogP contribution in [0, 0.1) is 0 Å². The second-order valence-corrected chi connectivity index (χ2v) is 7.59. The molecule has 2 aromatic heterocycles. The minimum atomic E-state index is -0.377. The largest absolute Gasteiger partial charge is 0.494 e. The first-order valence-electron chi connectivity index (χ1n) is 9.46. The van der Waals surface area contributed by atoms with Crippen molar-refractivity contribution >= 4 is 28.3 Å². The smallest absolute Gasteiger partial charge is 0.308 e. The minimum absolute atomic E-state index is 0.222. The number of ether oxygens (including phenoxy) is 2. The number of fused-ring (bicyclic) bond motifs is 1. The Morgan fingerprint density at radius 2 is 1.80 bits per heavy atom. The lowest BCUT2D eigenvalue weighted by atomic mass is 10.2. The molecule has 0 fully saturated rings. The molecule has 0 radical (unpaired) electrons. The number of hydrogen-bond acceptors (Lipinski definition) is 7. The third-order valence-corrected chi connectivity index (χ3v) is 5.17. The fourth-order valence-electron chi connectivity index (χ4n) is 2.83. The van der Waals surface area contributed by atoms with Crippen molar-refractivity contribution in [3.8, 4) is 22.9 Å². The number of carbonyl (C=O) groups excluding carboxylic acids is 1. The molecule has 0 saturated carbocycles. The van der Waals surface area contributed by atoms with E-state index in [2.05, 4.69) is 17.0 Å². The number of hydrogen-bond donors (Lipinski definition) is 0. The van der Waals surface area contributed by atoms with Crippen molar-refractivity contribution in [2.45, 2.75) is 20.3 Å². The van der Waals surface area contributed by atoms with Crippen LogP contribution < -0.4 is 19.6 Å². The highest BCUT2D eigenvalue weighted by Gasteiger charge is 2.12. The molecule has 0 aliphatic rings. The van der Waals surface area contributed by atoms with Gasteiger partial charge in [0.15, 0.2) is 5.82 Å². The average molecular weight is 421 g/mol. The molecule has 0 atom stereocenters. The summed E-state index contributed by atoms with van der Waals surface area (Å²) in [5.74, 6) is 1.37. The van der Waals surface area contributed by atoms with Crippen molar-refractivity contribution in [3.63, 3.8) is 0 Å². The molecule has 0 saturated heterocycles. The van der Waals surface area contributed by atoms with E-state index in [1.165, 1.54) is 22.8 Å². The quantitative estimate of drug-likeness (QED) is 0.351. The Morgan fingerprint density at radius 3 is 2.43 bits per heavy atom. The Morgan fingerprint density at radius 1 is 1.10 bits per heavy atom. The van der Waals surface area contributed by atoms with Crippen molar-refractivity contribution in [1.29, 1.82) is 0 Å². The number of nitrogens with zero attached hydrogens (tertiary/aromatic N) is 3. The van der Waals surface area contributed by atoms with Crippen LogP contribution >= 0.6 is 11.3 Å². The molecular weight excluding hydrogens is 402 g/mol. The molecule has 152 valence electrons. The predicted octanol–water partition coefficient (Wildman–Crippen LogP) is 3.08. The molecule has 7 nitrogen and oxygen atoms in total. The van der Waals surface area contributed by atoms with Crippen molar-refractivity contribution < 1.29 is 14.3 Å². The summed E-state index contributed by atoms with van der Waals surface area (Å²) in [4.78, 5) is 28.7. The molecule has 0 aliphatic heterocycles. The SMILES string of the molecule is CCCOc1ccc(-c2nc3s/c(=C/c4ccc(OC(C)=O)cc4)c(=O)n3n2)cc1. The van der Waals surface area contributed by atoms with E-state index < -0.39 is 0 Å². The van der Waals surface area contributed by atoms with Crippen LogP contribution in [0.4, 0.5) is 0 Å². The molecule has 0 amide bonds. The Balaban J connectivity index is 1.60. The summed E-state index contributed by atoms with van der Waals surface area (Å²) in [5.41, 5.74) is 1.41. The zero-order chi connectivity index (χ0) is 21.1. The van der Waals surface area contributed by atoms with E-state index in [-0.39, 0.29) is 11.5 Å². The summed E-state index contributed by atoms with van der Waals surface area (Å²) in [6.07, 6.45) is 2.71. The van der Waals surface area contributed by atoms with E-state index in [4.69, 9.17) is 9.47 Å². The summed E-state index contributed by atoms with van der Waals surface area (Å²) in [7, 11) is 0. The van der Waals surface area contributed by atoms with Gasteiger partial charge >= 0.3 is 5.97 Å². The molecule has 8 heteroatoms. The van der Waals surface area contributed by atoms with Crippen LogP contribution in [-0.4, -0.2) is 27.2 Å². The first-order chi connectivity index (χ1) is 14.5. The zero-order valence-corrected chi connectivity index (χ0v) is 17.3. The van der Waals surface area contributed by atoms with E-state index >= 15 is 0 Å². The van der Waals surface area contributed by atoms with Crippen LogP contribution in [0.25, 0.3) is 22.4 Å². The fourth-order valence-corrected chi connectivity index (χ4v) is 3.73. The van der Waals surface area contributed by atoms with Crippen LogP contribution in [0.15, 0.2) is 53.3 Å². The molecule has 30 heavy (non-hydrogen) atoms. The van der Waals surface area contributed by atoms with E-state index in [1.807, 2.05) is 24.3 Å². The Hall–Kier alpha value is -3.52. The maximum atomic E-state index is 12.7. The zero-order valence-electron chi connectivity index (χ0n) is 16.5. The molecular formula is C22H19N3O4S. The van der Waals surface area contributed by atoms with Gasteiger partial charge in [-0.2, -0.15) is 9.50 Å². The van der Waals surface area contributed by atoms with E-state index in [0.29, 0.717) is 27.7 Å². The summed E-state index contributed by atoms with van der Waals surface area (Å²) in [5, 5.41) is 4.37. The molecule has 4 aromatic rings. The van der Waals surface area contributed by atoms with Gasteiger partial charge in [-0.3, -0.25) is 9.59 Å². The van der Waals surface area contributed by atoms with Gasteiger partial charge in [-0.1, -0.05) is 30.4 Å². The number of esters is 1.